The number of amides is 3. The van der Waals surface area contributed by atoms with Crippen LogP contribution in [0.1, 0.15) is 21.6 Å². The molecular formula is C29H25N5O3. The Bertz CT molecular complexity index is 1420. The fourth-order valence-electron chi connectivity index (χ4n) is 3.27. The maximum atomic E-state index is 12.4. The molecule has 3 aromatic carbocycles. The van der Waals surface area contributed by atoms with Crippen LogP contribution in [0.3, 0.4) is 0 Å². The molecule has 8 nitrogen and oxygen atoms in total. The second-order valence-corrected chi connectivity index (χ2v) is 7.94. The Hall–Kier alpha value is -5.24. The predicted octanol–water partition coefficient (Wildman–Crippen LogP) is 6.26. The minimum Gasteiger partial charge on any atom is -0.457 e. The van der Waals surface area contributed by atoms with Crippen molar-refractivity contribution < 1.29 is 14.3 Å². The van der Waals surface area contributed by atoms with Gasteiger partial charge in [-0.15, -0.1) is 0 Å². The molecule has 0 bridgehead atoms. The van der Waals surface area contributed by atoms with E-state index >= 15 is 0 Å². The number of nitrogens with zero attached hydrogens (tertiary/aromatic N) is 2. The number of hydrazone groups is 1. The molecule has 0 aliphatic carbocycles. The van der Waals surface area contributed by atoms with E-state index in [2.05, 4.69) is 26.1 Å². The first kappa shape index (κ1) is 24.9. The van der Waals surface area contributed by atoms with Crippen LogP contribution in [0.5, 0.6) is 11.5 Å². The van der Waals surface area contributed by atoms with Gasteiger partial charge in [-0.2, -0.15) is 5.10 Å². The Morgan fingerprint density at radius 1 is 0.838 bits per heavy atom. The number of ether oxygens (including phenoxy) is 1. The highest BCUT2D eigenvalue weighted by atomic mass is 16.5. The highest BCUT2D eigenvalue weighted by molar-refractivity contribution is 5.99. The molecule has 0 aliphatic rings. The van der Waals surface area contributed by atoms with Crippen LogP contribution < -0.4 is 20.8 Å². The number of carbonyl (C=O) groups is 2. The number of aromatic nitrogens is 1. The summed E-state index contributed by atoms with van der Waals surface area (Å²) in [5.41, 5.74) is 6.00. The summed E-state index contributed by atoms with van der Waals surface area (Å²) < 4.78 is 5.83. The van der Waals surface area contributed by atoms with Gasteiger partial charge >= 0.3 is 6.03 Å². The summed E-state index contributed by atoms with van der Waals surface area (Å²) in [7, 11) is 0. The fourth-order valence-corrected chi connectivity index (χ4v) is 3.27. The highest BCUT2D eigenvalue weighted by Crippen LogP contribution is 2.23. The van der Waals surface area contributed by atoms with Gasteiger partial charge in [-0.25, -0.2) is 10.2 Å². The van der Waals surface area contributed by atoms with Crippen molar-refractivity contribution in [2.24, 2.45) is 5.10 Å². The summed E-state index contributed by atoms with van der Waals surface area (Å²) in [5.74, 6) is 0.506. The number of hydrogen-bond acceptors (Lipinski definition) is 5. The van der Waals surface area contributed by atoms with Crippen LogP contribution in [0, 0.1) is 6.92 Å². The largest absolute Gasteiger partial charge is 0.457 e. The van der Waals surface area contributed by atoms with E-state index in [9.17, 15) is 9.59 Å². The normalized spacial score (nSPS) is 10.8. The van der Waals surface area contributed by atoms with Gasteiger partial charge in [0.05, 0.1) is 0 Å². The van der Waals surface area contributed by atoms with Crippen molar-refractivity contribution in [3.63, 3.8) is 0 Å². The summed E-state index contributed by atoms with van der Waals surface area (Å²) in [6.45, 7) is 1.96. The lowest BCUT2D eigenvalue weighted by Gasteiger charge is -2.10. The third-order valence-electron chi connectivity index (χ3n) is 5.00. The summed E-state index contributed by atoms with van der Waals surface area (Å²) in [6, 6.07) is 27.0. The molecule has 0 atom stereocenters. The van der Waals surface area contributed by atoms with Gasteiger partial charge < -0.3 is 15.4 Å². The zero-order valence-corrected chi connectivity index (χ0v) is 20.1. The summed E-state index contributed by atoms with van der Waals surface area (Å²) in [4.78, 5) is 28.7. The molecule has 0 unspecified atom stereocenters. The van der Waals surface area contributed by atoms with Crippen LogP contribution in [0.2, 0.25) is 0 Å². The van der Waals surface area contributed by atoms with Crippen molar-refractivity contribution in [1.82, 2.24) is 10.4 Å². The molecule has 0 spiro atoms. The Kier molecular flexibility index (Phi) is 8.38. The van der Waals surface area contributed by atoms with Crippen LogP contribution in [-0.2, 0) is 0 Å². The third-order valence-corrected chi connectivity index (χ3v) is 5.00. The average Bonchev–Trinajstić information content (AvgIpc) is 2.90. The van der Waals surface area contributed by atoms with E-state index in [-0.39, 0.29) is 11.7 Å². The zero-order chi connectivity index (χ0) is 25.9. The SMILES string of the molecule is Cc1cccc(NC(=O)Nc2ccc(Oc3ccnc(C(=O)N/N=C/C=C/c4ccccc4)c3)cc2)c1. The van der Waals surface area contributed by atoms with Gasteiger partial charge in [-0.3, -0.25) is 9.78 Å². The molecule has 0 aliphatic heterocycles. The van der Waals surface area contributed by atoms with Crippen molar-refractivity contribution >= 4 is 35.6 Å². The molecule has 3 N–H and O–H groups in total. The fraction of sp³-hybridized carbons (Fsp3) is 0.0345. The quantitative estimate of drug-likeness (QED) is 0.200. The van der Waals surface area contributed by atoms with E-state index in [0.717, 1.165) is 11.1 Å². The van der Waals surface area contributed by atoms with E-state index in [4.69, 9.17) is 4.74 Å². The first-order valence-electron chi connectivity index (χ1n) is 11.5. The number of benzene rings is 3. The zero-order valence-electron chi connectivity index (χ0n) is 20.1. The maximum absolute atomic E-state index is 12.4. The lowest BCUT2D eigenvalue weighted by molar-refractivity contribution is 0.0950. The highest BCUT2D eigenvalue weighted by Gasteiger charge is 2.09. The van der Waals surface area contributed by atoms with Crippen LogP contribution in [-0.4, -0.2) is 23.1 Å². The number of pyridine rings is 1. The molecule has 184 valence electrons. The smallest absolute Gasteiger partial charge is 0.323 e. The summed E-state index contributed by atoms with van der Waals surface area (Å²) in [5, 5.41) is 9.48. The number of rotatable bonds is 8. The predicted molar refractivity (Wildman–Crippen MR) is 146 cm³/mol. The number of nitrogens with one attached hydrogen (secondary N) is 3. The molecule has 0 saturated carbocycles. The topological polar surface area (TPSA) is 105 Å². The lowest BCUT2D eigenvalue weighted by atomic mass is 10.2. The van der Waals surface area contributed by atoms with Gasteiger partial charge in [0, 0.05) is 29.9 Å². The minimum absolute atomic E-state index is 0.160. The number of urea groups is 1. The number of hydrogen-bond donors (Lipinski definition) is 3. The van der Waals surface area contributed by atoms with Gasteiger partial charge in [0.15, 0.2) is 0 Å². The van der Waals surface area contributed by atoms with E-state index in [1.165, 1.54) is 18.5 Å². The van der Waals surface area contributed by atoms with Crippen molar-refractivity contribution in [3.8, 4) is 11.5 Å². The number of anilines is 2. The summed E-state index contributed by atoms with van der Waals surface area (Å²) in [6.07, 6.45) is 6.57. The molecule has 0 radical (unpaired) electrons. The molecule has 1 heterocycles. The standard InChI is InChI=1S/C29H25N5O3/c1-21-7-5-11-24(19-21)33-29(36)32-23-12-14-25(15-13-23)37-26-16-18-30-27(20-26)28(35)34-31-17-6-10-22-8-3-2-4-9-22/h2-20H,1H3,(H,34,35)(H2,32,33,36)/b10-6+,31-17+. The van der Waals surface area contributed by atoms with Crippen molar-refractivity contribution in [3.05, 3.63) is 120 Å². The van der Waals surface area contributed by atoms with Gasteiger partial charge in [-0.05, 0) is 66.6 Å². The Morgan fingerprint density at radius 2 is 1.62 bits per heavy atom. The van der Waals surface area contributed by atoms with Gasteiger partial charge in [-0.1, -0.05) is 48.5 Å². The van der Waals surface area contributed by atoms with Crippen LogP contribution in [0.25, 0.3) is 6.08 Å². The number of aryl methyl sites for hydroxylation is 1. The van der Waals surface area contributed by atoms with Crippen molar-refractivity contribution in [2.45, 2.75) is 6.92 Å². The second kappa shape index (κ2) is 12.5. The van der Waals surface area contributed by atoms with E-state index in [1.807, 2.05) is 67.6 Å². The molecule has 0 fully saturated rings. The van der Waals surface area contributed by atoms with E-state index < -0.39 is 5.91 Å². The first-order chi connectivity index (χ1) is 18.0. The first-order valence-corrected chi connectivity index (χ1v) is 11.5. The Labute approximate surface area is 214 Å². The monoisotopic (exact) mass is 491 g/mol. The van der Waals surface area contributed by atoms with E-state index in [1.54, 1.807) is 36.4 Å². The molecule has 1 aromatic heterocycles. The van der Waals surface area contributed by atoms with Crippen LogP contribution >= 0.6 is 0 Å². The molecular weight excluding hydrogens is 466 g/mol. The lowest BCUT2D eigenvalue weighted by Crippen LogP contribution is -2.19. The summed E-state index contributed by atoms with van der Waals surface area (Å²) >= 11 is 0. The van der Waals surface area contributed by atoms with Crippen molar-refractivity contribution in [2.75, 3.05) is 10.6 Å². The molecule has 4 rings (SSSR count). The number of allylic oxidation sites excluding steroid dienone is 1. The average molecular weight is 492 g/mol. The molecule has 3 amide bonds. The van der Waals surface area contributed by atoms with Gasteiger partial charge in [0.2, 0.25) is 0 Å². The second-order valence-electron chi connectivity index (χ2n) is 7.94. The third kappa shape index (κ3) is 7.90. The Balaban J connectivity index is 1.28. The van der Waals surface area contributed by atoms with Gasteiger partial charge in [0.1, 0.15) is 17.2 Å². The minimum atomic E-state index is -0.464. The molecule has 37 heavy (non-hydrogen) atoms. The molecule has 8 heteroatoms. The number of carbonyl (C=O) groups excluding carboxylic acids is 2. The van der Waals surface area contributed by atoms with Gasteiger partial charge in [0.25, 0.3) is 5.91 Å². The van der Waals surface area contributed by atoms with Crippen LogP contribution in [0.4, 0.5) is 16.2 Å². The van der Waals surface area contributed by atoms with Crippen LogP contribution in [0.15, 0.2) is 108 Å². The molecule has 0 saturated heterocycles. The van der Waals surface area contributed by atoms with E-state index in [0.29, 0.717) is 22.9 Å². The maximum Gasteiger partial charge on any atom is 0.323 e. The van der Waals surface area contributed by atoms with Crippen molar-refractivity contribution in [1.29, 1.82) is 0 Å². The molecule has 4 aromatic rings. The Morgan fingerprint density at radius 3 is 2.41 bits per heavy atom.